The van der Waals surface area contributed by atoms with Crippen molar-refractivity contribution >= 4 is 11.8 Å². The molecular weight excluding hydrogens is 625 g/mol. The molecule has 248 valence electrons. The Morgan fingerprint density at radius 1 is 0.392 bits per heavy atom. The highest BCUT2D eigenvalue weighted by Gasteiger charge is 2.51. The summed E-state index contributed by atoms with van der Waals surface area (Å²) >= 11 is 0. The van der Waals surface area contributed by atoms with Crippen molar-refractivity contribution in [1.29, 1.82) is 0 Å². The molecule has 0 saturated carbocycles. The predicted octanol–water partition coefficient (Wildman–Crippen LogP) is 10.5. The minimum absolute atomic E-state index is 0.258. The van der Waals surface area contributed by atoms with Gasteiger partial charge in [-0.1, -0.05) is 97.1 Å². The smallest absolute Gasteiger partial charge is 0.216 e. The van der Waals surface area contributed by atoms with Crippen molar-refractivity contribution in [3.05, 3.63) is 167 Å². The van der Waals surface area contributed by atoms with Gasteiger partial charge in [-0.15, -0.1) is 0 Å². The first-order valence-electron chi connectivity index (χ1n) is 17.9. The largest absolute Gasteiger partial charge is 0.469 e. The topological polar surface area (TPSA) is 43.2 Å². The Labute approximate surface area is 299 Å². The number of fused-ring (bicyclic) bond motifs is 10. The van der Waals surface area contributed by atoms with Gasteiger partial charge in [0.05, 0.1) is 18.5 Å². The fourth-order valence-corrected chi connectivity index (χ4v) is 8.59. The van der Waals surface area contributed by atoms with E-state index in [1.807, 2.05) is 0 Å². The van der Waals surface area contributed by atoms with Crippen LogP contribution >= 0.6 is 0 Å². The molecule has 4 heteroatoms. The number of hydrogen-bond donors (Lipinski definition) is 0. The summed E-state index contributed by atoms with van der Waals surface area (Å²) in [5.41, 5.74) is 16.3. The normalized spacial score (nSPS) is 17.9. The highest BCUT2D eigenvalue weighted by atomic mass is 16.5. The average Bonchev–Trinajstić information content (AvgIpc) is 3.88. The second-order valence-corrected chi connectivity index (χ2v) is 15.5. The van der Waals surface area contributed by atoms with Gasteiger partial charge in [0.15, 0.2) is 0 Å². The van der Waals surface area contributed by atoms with Crippen LogP contribution in [0.15, 0.2) is 143 Å². The molecule has 0 bridgehead atoms. The summed E-state index contributed by atoms with van der Waals surface area (Å²) in [6.45, 7) is 9.68. The van der Waals surface area contributed by atoms with Crippen LogP contribution in [-0.2, 0) is 14.9 Å². The zero-order chi connectivity index (χ0) is 34.5. The summed E-state index contributed by atoms with van der Waals surface area (Å²) in [6, 6.07) is 49.4. The van der Waals surface area contributed by atoms with Gasteiger partial charge < -0.3 is 9.47 Å². The van der Waals surface area contributed by atoms with E-state index < -0.39 is 5.41 Å². The molecule has 10 rings (SSSR count). The Kier molecular flexibility index (Phi) is 6.28. The Morgan fingerprint density at radius 2 is 0.745 bits per heavy atom. The average molecular weight is 663 g/mol. The molecule has 1 spiro atoms. The zero-order valence-corrected chi connectivity index (χ0v) is 29.3. The van der Waals surface area contributed by atoms with Crippen LogP contribution in [0.5, 0.6) is 0 Å². The predicted molar refractivity (Wildman–Crippen MR) is 207 cm³/mol. The SMILES string of the molecule is CC1(C)CN=C(c2ccc(-c3ccc4c(c3)C3(c5ccccc5-c5ccccc53)c3cc(-c5ccc(C6=NCC(C)(C)O6)cc5)ccc3-4)cc2)O1. The van der Waals surface area contributed by atoms with Gasteiger partial charge in [-0.05, 0) is 131 Å². The second-order valence-electron chi connectivity index (χ2n) is 15.5. The number of benzene rings is 6. The third kappa shape index (κ3) is 4.52. The summed E-state index contributed by atoms with van der Waals surface area (Å²) < 4.78 is 12.2. The lowest BCUT2D eigenvalue weighted by Gasteiger charge is -2.31. The fourth-order valence-electron chi connectivity index (χ4n) is 8.59. The van der Waals surface area contributed by atoms with Gasteiger partial charge in [0.25, 0.3) is 0 Å². The van der Waals surface area contributed by atoms with Gasteiger partial charge in [0.1, 0.15) is 11.2 Å². The minimum Gasteiger partial charge on any atom is -0.469 e. The molecular formula is C47H38N2O2. The van der Waals surface area contributed by atoms with Gasteiger partial charge >= 0.3 is 0 Å². The van der Waals surface area contributed by atoms with Crippen LogP contribution in [0.4, 0.5) is 0 Å². The molecule has 4 aliphatic rings. The van der Waals surface area contributed by atoms with Crippen molar-refractivity contribution in [3.63, 3.8) is 0 Å². The molecule has 0 amide bonds. The molecule has 0 aromatic heterocycles. The van der Waals surface area contributed by atoms with Crippen LogP contribution in [0, 0.1) is 0 Å². The molecule has 6 aromatic rings. The minimum atomic E-state index is -0.445. The van der Waals surface area contributed by atoms with Crippen molar-refractivity contribution in [2.24, 2.45) is 9.98 Å². The molecule has 2 heterocycles. The molecule has 6 aromatic carbocycles. The molecule has 51 heavy (non-hydrogen) atoms. The number of hydrogen-bond acceptors (Lipinski definition) is 4. The molecule has 2 aliphatic heterocycles. The Bertz CT molecular complexity index is 2290. The first kappa shape index (κ1) is 30.1. The molecule has 0 unspecified atom stereocenters. The van der Waals surface area contributed by atoms with Gasteiger partial charge in [-0.25, -0.2) is 9.98 Å². The van der Waals surface area contributed by atoms with E-state index in [0.29, 0.717) is 13.1 Å². The van der Waals surface area contributed by atoms with E-state index in [-0.39, 0.29) is 11.2 Å². The van der Waals surface area contributed by atoms with Crippen molar-refractivity contribution < 1.29 is 9.47 Å². The number of ether oxygens (including phenoxy) is 2. The van der Waals surface area contributed by atoms with Crippen LogP contribution in [0.2, 0.25) is 0 Å². The maximum absolute atomic E-state index is 6.12. The summed E-state index contributed by atoms with van der Waals surface area (Å²) in [5.74, 6) is 1.45. The van der Waals surface area contributed by atoms with E-state index in [2.05, 4.69) is 171 Å². The molecule has 0 fully saturated rings. The number of rotatable bonds is 4. The molecule has 4 nitrogen and oxygen atoms in total. The van der Waals surface area contributed by atoms with E-state index in [9.17, 15) is 0 Å². The van der Waals surface area contributed by atoms with Crippen molar-refractivity contribution in [2.75, 3.05) is 13.1 Å². The molecule has 0 radical (unpaired) electrons. The third-order valence-electron chi connectivity index (χ3n) is 11.0. The van der Waals surface area contributed by atoms with E-state index in [0.717, 1.165) is 22.9 Å². The Balaban J connectivity index is 1.12. The number of aliphatic imine (C=N–C) groups is 2. The molecule has 0 saturated heterocycles. The van der Waals surface area contributed by atoms with Gasteiger partial charge in [0.2, 0.25) is 11.8 Å². The lowest BCUT2D eigenvalue weighted by atomic mass is 9.70. The first-order chi connectivity index (χ1) is 24.7. The molecule has 0 N–H and O–H groups in total. The van der Waals surface area contributed by atoms with Crippen LogP contribution in [-0.4, -0.2) is 36.1 Å². The van der Waals surface area contributed by atoms with Crippen LogP contribution in [0.3, 0.4) is 0 Å². The van der Waals surface area contributed by atoms with E-state index in [1.54, 1.807) is 0 Å². The summed E-state index contributed by atoms with van der Waals surface area (Å²) in [4.78, 5) is 9.32. The quantitative estimate of drug-likeness (QED) is 0.188. The van der Waals surface area contributed by atoms with Crippen molar-refractivity contribution in [1.82, 2.24) is 0 Å². The highest BCUT2D eigenvalue weighted by Crippen LogP contribution is 2.63. The summed E-state index contributed by atoms with van der Waals surface area (Å²) in [5, 5.41) is 0. The third-order valence-corrected chi connectivity index (χ3v) is 11.0. The van der Waals surface area contributed by atoms with Gasteiger partial charge in [-0.2, -0.15) is 0 Å². The van der Waals surface area contributed by atoms with Crippen LogP contribution < -0.4 is 0 Å². The Hall–Kier alpha value is -5.74. The highest BCUT2D eigenvalue weighted by molar-refractivity contribution is 5.99. The van der Waals surface area contributed by atoms with E-state index in [1.165, 1.54) is 66.8 Å². The summed E-state index contributed by atoms with van der Waals surface area (Å²) in [7, 11) is 0. The molecule has 0 atom stereocenters. The fraction of sp³-hybridized carbons (Fsp3) is 0.191. The van der Waals surface area contributed by atoms with E-state index in [4.69, 9.17) is 9.47 Å². The number of nitrogens with zero attached hydrogens (tertiary/aromatic N) is 2. The molecule has 2 aliphatic carbocycles. The van der Waals surface area contributed by atoms with Crippen molar-refractivity contribution in [2.45, 2.75) is 44.3 Å². The Morgan fingerprint density at radius 3 is 1.14 bits per heavy atom. The lowest BCUT2D eigenvalue weighted by molar-refractivity contribution is 0.131. The van der Waals surface area contributed by atoms with Crippen molar-refractivity contribution in [3.8, 4) is 44.5 Å². The van der Waals surface area contributed by atoms with Gasteiger partial charge in [-0.3, -0.25) is 0 Å². The summed E-state index contributed by atoms with van der Waals surface area (Å²) in [6.07, 6.45) is 0. The van der Waals surface area contributed by atoms with Crippen LogP contribution in [0.25, 0.3) is 44.5 Å². The first-order valence-corrected chi connectivity index (χ1v) is 17.9. The monoisotopic (exact) mass is 662 g/mol. The zero-order valence-electron chi connectivity index (χ0n) is 29.3. The lowest BCUT2D eigenvalue weighted by Crippen LogP contribution is -2.26. The standard InChI is InChI=1S/C47H38N2O2/c1-45(2)27-48-43(50-45)31-17-13-29(14-18-31)33-21-23-37-38-24-22-34(30-15-19-32(20-16-30)44-49-28-46(3,4)51-44)26-42(38)47(41(37)25-33)39-11-7-5-9-35(39)36-10-6-8-12-40(36)47/h5-26H,27-28H2,1-4H3. The second kappa shape index (κ2) is 10.6. The maximum Gasteiger partial charge on any atom is 0.216 e. The van der Waals surface area contributed by atoms with Crippen LogP contribution in [0.1, 0.15) is 61.1 Å². The van der Waals surface area contributed by atoms with E-state index >= 15 is 0 Å². The van der Waals surface area contributed by atoms with Gasteiger partial charge in [0, 0.05) is 11.1 Å². The maximum atomic E-state index is 6.12.